The normalized spacial score (nSPS) is 17.0. The van der Waals surface area contributed by atoms with Crippen molar-refractivity contribution in [3.63, 3.8) is 0 Å². The number of hydrogen-bond acceptors (Lipinski definition) is 4. The molecule has 0 radical (unpaired) electrons. The van der Waals surface area contributed by atoms with Gasteiger partial charge in [-0.3, -0.25) is 4.79 Å². The van der Waals surface area contributed by atoms with Gasteiger partial charge in [-0.1, -0.05) is 22.0 Å². The molecule has 0 saturated carbocycles. The molecule has 0 saturated heterocycles. The highest BCUT2D eigenvalue weighted by Crippen LogP contribution is 2.39. The van der Waals surface area contributed by atoms with E-state index >= 15 is 0 Å². The number of aliphatic carboxylic acids is 1. The molecule has 20 heavy (non-hydrogen) atoms. The lowest BCUT2D eigenvalue weighted by Crippen LogP contribution is -2.08. The summed E-state index contributed by atoms with van der Waals surface area (Å²) in [5.41, 5.74) is 2.85. The van der Waals surface area contributed by atoms with Crippen LogP contribution in [0.2, 0.25) is 0 Å². The molecule has 1 heterocycles. The minimum atomic E-state index is -0.779. The number of halogens is 1. The van der Waals surface area contributed by atoms with Gasteiger partial charge in [0.05, 0.1) is 5.69 Å². The van der Waals surface area contributed by atoms with Crippen molar-refractivity contribution in [1.82, 2.24) is 4.98 Å². The lowest BCUT2D eigenvalue weighted by molar-refractivity contribution is -0.138. The van der Waals surface area contributed by atoms with Crippen LogP contribution in [0.25, 0.3) is 0 Å². The first kappa shape index (κ1) is 13.6. The minimum absolute atomic E-state index is 0.443. The summed E-state index contributed by atoms with van der Waals surface area (Å²) >= 11 is 5.05. The monoisotopic (exact) mass is 352 g/mol. The van der Waals surface area contributed by atoms with Gasteiger partial charge in [0, 0.05) is 15.0 Å². The van der Waals surface area contributed by atoms with E-state index < -0.39 is 11.9 Å². The Labute approximate surface area is 129 Å². The second kappa shape index (κ2) is 5.18. The zero-order valence-electron chi connectivity index (χ0n) is 10.8. The van der Waals surface area contributed by atoms with Crippen LogP contribution >= 0.6 is 27.3 Å². The molecule has 1 atom stereocenters. The predicted octanol–water partition coefficient (Wildman–Crippen LogP) is 4.07. The zero-order valence-corrected chi connectivity index (χ0v) is 13.2. The smallest absolute Gasteiger partial charge is 0.312 e. The molecular weight excluding hydrogens is 340 g/mol. The highest BCUT2D eigenvalue weighted by Gasteiger charge is 2.32. The van der Waals surface area contributed by atoms with Gasteiger partial charge in [-0.25, -0.2) is 4.98 Å². The number of aromatic nitrogens is 1. The largest absolute Gasteiger partial charge is 0.481 e. The van der Waals surface area contributed by atoms with Crippen LogP contribution in [0.3, 0.4) is 0 Å². The second-order valence-electron chi connectivity index (χ2n) is 4.85. The average Bonchev–Trinajstić information content (AvgIpc) is 2.93. The number of nitrogens with one attached hydrogen (secondary N) is 1. The zero-order chi connectivity index (χ0) is 14.3. The van der Waals surface area contributed by atoms with Gasteiger partial charge in [-0.2, -0.15) is 0 Å². The Morgan fingerprint density at radius 3 is 3.05 bits per heavy atom. The van der Waals surface area contributed by atoms with Crippen molar-refractivity contribution >= 4 is 44.1 Å². The van der Waals surface area contributed by atoms with Crippen LogP contribution in [-0.4, -0.2) is 16.1 Å². The molecule has 1 aromatic carbocycles. The Kier molecular flexibility index (Phi) is 3.52. The van der Waals surface area contributed by atoms with Crippen LogP contribution in [-0.2, 0) is 11.2 Å². The van der Waals surface area contributed by atoms with Crippen molar-refractivity contribution in [2.24, 2.45) is 0 Å². The quantitative estimate of drug-likeness (QED) is 0.873. The van der Waals surface area contributed by atoms with Crippen LogP contribution < -0.4 is 5.32 Å². The van der Waals surface area contributed by atoms with Crippen LogP contribution in [0.1, 0.15) is 28.5 Å². The van der Waals surface area contributed by atoms with Crippen LogP contribution in [0.15, 0.2) is 22.7 Å². The molecule has 0 fully saturated rings. The number of nitrogens with zero attached hydrogens (tertiary/aromatic N) is 1. The predicted molar refractivity (Wildman–Crippen MR) is 83.0 cm³/mol. The van der Waals surface area contributed by atoms with Gasteiger partial charge in [0.2, 0.25) is 0 Å². The van der Waals surface area contributed by atoms with E-state index in [4.69, 9.17) is 5.11 Å². The van der Waals surface area contributed by atoms with Gasteiger partial charge < -0.3 is 10.4 Å². The van der Waals surface area contributed by atoms with Gasteiger partial charge >= 0.3 is 5.97 Å². The summed E-state index contributed by atoms with van der Waals surface area (Å²) in [6.07, 6.45) is 1.48. The molecule has 1 aromatic heterocycles. The summed E-state index contributed by atoms with van der Waals surface area (Å²) in [6.45, 7) is 2.03. The highest BCUT2D eigenvalue weighted by atomic mass is 79.9. The summed E-state index contributed by atoms with van der Waals surface area (Å²) in [6, 6.07) is 6.01. The Morgan fingerprint density at radius 1 is 1.55 bits per heavy atom. The fraction of sp³-hybridized carbons (Fsp3) is 0.286. The SMILES string of the molecule is Cc1ccc(Nc2nc3c(s2)CCC3C(=O)O)cc1Br. The number of anilines is 2. The van der Waals surface area contributed by atoms with Gasteiger partial charge in [0.15, 0.2) is 5.13 Å². The molecule has 2 aromatic rings. The minimum Gasteiger partial charge on any atom is -0.481 e. The number of fused-ring (bicyclic) bond motifs is 1. The molecule has 0 aliphatic heterocycles. The van der Waals surface area contributed by atoms with Crippen LogP contribution in [0.5, 0.6) is 0 Å². The number of hydrogen-bond donors (Lipinski definition) is 2. The summed E-state index contributed by atoms with van der Waals surface area (Å²) < 4.78 is 1.04. The van der Waals surface area contributed by atoms with E-state index in [0.717, 1.165) is 32.3 Å². The molecule has 3 rings (SSSR count). The first-order valence-electron chi connectivity index (χ1n) is 6.30. The maximum Gasteiger partial charge on any atom is 0.312 e. The molecule has 104 valence electrons. The molecule has 0 bridgehead atoms. The number of benzene rings is 1. The molecule has 1 unspecified atom stereocenters. The van der Waals surface area contributed by atoms with Crippen molar-refractivity contribution in [2.75, 3.05) is 5.32 Å². The first-order valence-corrected chi connectivity index (χ1v) is 7.91. The van der Waals surface area contributed by atoms with E-state index in [-0.39, 0.29) is 0 Å². The van der Waals surface area contributed by atoms with E-state index in [2.05, 4.69) is 26.2 Å². The molecule has 4 nitrogen and oxygen atoms in total. The maximum absolute atomic E-state index is 11.2. The molecule has 0 spiro atoms. The number of carbonyl (C=O) groups is 1. The molecule has 6 heteroatoms. The van der Waals surface area contributed by atoms with Crippen molar-refractivity contribution in [1.29, 1.82) is 0 Å². The third-order valence-corrected chi connectivity index (χ3v) is 5.34. The number of thiazole rings is 1. The Hall–Kier alpha value is -1.40. The van der Waals surface area contributed by atoms with E-state index in [1.807, 2.05) is 25.1 Å². The topological polar surface area (TPSA) is 62.2 Å². The van der Waals surface area contributed by atoms with Crippen LogP contribution in [0.4, 0.5) is 10.8 Å². The summed E-state index contributed by atoms with van der Waals surface area (Å²) in [5, 5.41) is 13.2. The van der Waals surface area contributed by atoms with E-state index in [9.17, 15) is 4.79 Å². The lowest BCUT2D eigenvalue weighted by atomic mass is 10.1. The number of aryl methyl sites for hydroxylation is 2. The van der Waals surface area contributed by atoms with Gasteiger partial charge in [0.25, 0.3) is 0 Å². The van der Waals surface area contributed by atoms with Crippen molar-refractivity contribution in [3.05, 3.63) is 38.8 Å². The molecular formula is C14H13BrN2O2S. The van der Waals surface area contributed by atoms with Gasteiger partial charge in [-0.15, -0.1) is 11.3 Å². The summed E-state index contributed by atoms with van der Waals surface area (Å²) in [7, 11) is 0. The van der Waals surface area contributed by atoms with E-state index in [0.29, 0.717) is 6.42 Å². The number of carboxylic acid groups (broad SMARTS) is 1. The van der Waals surface area contributed by atoms with Crippen molar-refractivity contribution < 1.29 is 9.90 Å². The molecule has 0 amide bonds. The molecule has 1 aliphatic rings. The summed E-state index contributed by atoms with van der Waals surface area (Å²) in [4.78, 5) is 16.7. The van der Waals surface area contributed by atoms with Crippen molar-refractivity contribution in [3.8, 4) is 0 Å². The third-order valence-electron chi connectivity index (χ3n) is 3.44. The molecule has 1 aliphatic carbocycles. The standard InChI is InChI=1S/C14H13BrN2O2S/c1-7-2-3-8(6-10(7)15)16-14-17-12-9(13(18)19)4-5-11(12)20-14/h2-3,6,9H,4-5H2,1H3,(H,16,17)(H,18,19). The van der Waals surface area contributed by atoms with Crippen LogP contribution in [0, 0.1) is 6.92 Å². The van der Waals surface area contributed by atoms with E-state index in [1.165, 1.54) is 5.56 Å². The maximum atomic E-state index is 11.2. The fourth-order valence-electron chi connectivity index (χ4n) is 2.32. The van der Waals surface area contributed by atoms with Gasteiger partial charge in [-0.05, 0) is 37.5 Å². The van der Waals surface area contributed by atoms with E-state index in [1.54, 1.807) is 11.3 Å². The Balaban J connectivity index is 1.84. The second-order valence-corrected chi connectivity index (χ2v) is 6.78. The Bertz CT molecular complexity index is 684. The molecule has 2 N–H and O–H groups in total. The average molecular weight is 353 g/mol. The lowest BCUT2D eigenvalue weighted by Gasteiger charge is -2.06. The van der Waals surface area contributed by atoms with Crippen molar-refractivity contribution in [2.45, 2.75) is 25.7 Å². The number of carboxylic acids is 1. The fourth-order valence-corrected chi connectivity index (χ4v) is 3.75. The first-order chi connectivity index (χ1) is 9.54. The summed E-state index contributed by atoms with van der Waals surface area (Å²) in [5.74, 6) is -1.22. The highest BCUT2D eigenvalue weighted by molar-refractivity contribution is 9.10. The Morgan fingerprint density at radius 2 is 2.35 bits per heavy atom. The third kappa shape index (κ3) is 2.45. The number of rotatable bonds is 3. The van der Waals surface area contributed by atoms with Gasteiger partial charge in [0.1, 0.15) is 5.92 Å².